The molecule has 0 spiro atoms. The second-order valence-corrected chi connectivity index (χ2v) is 10.6. The van der Waals surface area contributed by atoms with Gasteiger partial charge >= 0.3 is 5.97 Å². The summed E-state index contributed by atoms with van der Waals surface area (Å²) in [6.07, 6.45) is 17.9. The molecule has 1 aromatic heterocycles. The fraction of sp³-hybridized carbons (Fsp3) is 0.562. The molecule has 0 unspecified atom stereocenters. The van der Waals surface area contributed by atoms with Crippen LogP contribution in [0.15, 0.2) is 54.9 Å². The van der Waals surface area contributed by atoms with Crippen LogP contribution in [0.2, 0.25) is 0 Å². The fourth-order valence-electron chi connectivity index (χ4n) is 5.84. The fourth-order valence-corrected chi connectivity index (χ4v) is 5.84. The van der Waals surface area contributed by atoms with Gasteiger partial charge in [-0.2, -0.15) is 0 Å². The lowest BCUT2D eigenvalue weighted by Crippen LogP contribution is -2.45. The van der Waals surface area contributed by atoms with Crippen LogP contribution in [0.5, 0.6) is 0 Å². The van der Waals surface area contributed by atoms with Crippen molar-refractivity contribution in [3.05, 3.63) is 66.0 Å². The molecule has 1 N–H and O–H groups in total. The highest BCUT2D eigenvalue weighted by Crippen LogP contribution is 2.32. The minimum atomic E-state index is -0.768. The van der Waals surface area contributed by atoms with Crippen LogP contribution in [0, 0.1) is 0 Å². The molecule has 2 fully saturated rings. The Bertz CT molecular complexity index is 1010. The van der Waals surface area contributed by atoms with Gasteiger partial charge < -0.3 is 14.6 Å². The van der Waals surface area contributed by atoms with Crippen molar-refractivity contribution in [3.8, 4) is 11.1 Å². The highest BCUT2D eigenvalue weighted by atomic mass is 16.5. The maximum Gasteiger partial charge on any atom is 0.303 e. The zero-order valence-corrected chi connectivity index (χ0v) is 22.9. The van der Waals surface area contributed by atoms with E-state index in [1.54, 1.807) is 0 Å². The van der Waals surface area contributed by atoms with E-state index in [0.29, 0.717) is 25.7 Å². The number of rotatable bonds is 13. The van der Waals surface area contributed by atoms with Crippen molar-refractivity contribution >= 4 is 5.97 Å². The lowest BCUT2D eigenvalue weighted by atomic mass is 9.98. The van der Waals surface area contributed by atoms with Crippen LogP contribution in [0.25, 0.3) is 11.1 Å². The molecule has 6 nitrogen and oxygen atoms in total. The molecule has 4 rings (SSSR count). The number of carboxylic acid groups (broad SMARTS) is 1. The van der Waals surface area contributed by atoms with Crippen LogP contribution in [-0.2, 0) is 27.3 Å². The first-order valence-electron chi connectivity index (χ1n) is 14.5. The number of hydrogen-bond donors (Lipinski definition) is 1. The number of carbonyl (C=O) groups is 1. The first-order valence-corrected chi connectivity index (χ1v) is 14.5. The maximum absolute atomic E-state index is 10.8. The smallest absolute Gasteiger partial charge is 0.303 e. The summed E-state index contributed by atoms with van der Waals surface area (Å²) in [6.45, 7) is 5.55. The number of benzene rings is 1. The van der Waals surface area contributed by atoms with Gasteiger partial charge in [-0.15, -0.1) is 0 Å². The van der Waals surface area contributed by atoms with Crippen LogP contribution in [-0.4, -0.2) is 58.9 Å². The number of hydrogen-bond acceptors (Lipinski definition) is 5. The van der Waals surface area contributed by atoms with Gasteiger partial charge in [-0.1, -0.05) is 62.6 Å². The number of ether oxygens (including phenoxy) is 2. The Labute approximate surface area is 228 Å². The molecule has 0 radical (unpaired) electrons. The monoisotopic (exact) mass is 520 g/mol. The van der Waals surface area contributed by atoms with Gasteiger partial charge in [0.25, 0.3) is 0 Å². The lowest BCUT2D eigenvalue weighted by Gasteiger charge is -2.33. The minimum absolute atomic E-state index is 0.0310. The summed E-state index contributed by atoms with van der Waals surface area (Å²) in [5.74, 6) is -0.768. The third-order valence-electron chi connectivity index (χ3n) is 7.84. The highest BCUT2D eigenvalue weighted by molar-refractivity contribution is 5.67. The summed E-state index contributed by atoms with van der Waals surface area (Å²) in [5.41, 5.74) is 4.92. The van der Waals surface area contributed by atoms with Gasteiger partial charge in [-0.05, 0) is 74.4 Å². The van der Waals surface area contributed by atoms with Crippen molar-refractivity contribution in [1.29, 1.82) is 0 Å². The molecule has 0 bridgehead atoms. The number of aromatic nitrogens is 1. The van der Waals surface area contributed by atoms with E-state index in [2.05, 4.69) is 47.1 Å². The molecule has 2 aromatic rings. The largest absolute Gasteiger partial charge is 0.481 e. The Morgan fingerprint density at radius 3 is 2.58 bits per heavy atom. The number of aliphatic carboxylic acids is 1. The van der Waals surface area contributed by atoms with Gasteiger partial charge in [0.05, 0.1) is 25.4 Å². The molecule has 2 aliphatic rings. The number of pyridine rings is 1. The van der Waals surface area contributed by atoms with E-state index in [1.165, 1.54) is 47.9 Å². The third-order valence-corrected chi connectivity index (χ3v) is 7.84. The van der Waals surface area contributed by atoms with Crippen LogP contribution in [0.1, 0.15) is 75.8 Å². The standard InChI is InChI=1S/C32H44N2O4/c1-2-10-26-18-19-33-23-28(26)27-14-12-25(13-15-27)24-38-30-17-16-29(34-20-7-3-4-8-21-34)32(30)37-22-9-5-6-11-31(35)36/h5,9,12-15,18-19,23,29-30,32H,2-4,6-8,10-11,16-17,20-22,24H2,1H3,(H,35,36)/b9-5-/t29-,30+,32+/m0/s1. The summed E-state index contributed by atoms with van der Waals surface area (Å²) < 4.78 is 12.9. The van der Waals surface area contributed by atoms with Crippen molar-refractivity contribution in [3.63, 3.8) is 0 Å². The van der Waals surface area contributed by atoms with E-state index in [9.17, 15) is 4.79 Å². The molecule has 1 aromatic carbocycles. The Balaban J connectivity index is 1.37. The van der Waals surface area contributed by atoms with Gasteiger partial charge in [0.2, 0.25) is 0 Å². The minimum Gasteiger partial charge on any atom is -0.481 e. The van der Waals surface area contributed by atoms with Crippen molar-refractivity contribution in [2.75, 3.05) is 19.7 Å². The molecule has 1 aliphatic carbocycles. The second kappa shape index (κ2) is 15.2. The first-order chi connectivity index (χ1) is 18.7. The number of nitrogens with zero attached hydrogens (tertiary/aromatic N) is 2. The van der Waals surface area contributed by atoms with E-state index < -0.39 is 5.97 Å². The van der Waals surface area contributed by atoms with Gasteiger partial charge in [0.15, 0.2) is 0 Å². The highest BCUT2D eigenvalue weighted by Gasteiger charge is 2.40. The maximum atomic E-state index is 10.8. The summed E-state index contributed by atoms with van der Waals surface area (Å²) >= 11 is 0. The van der Waals surface area contributed by atoms with E-state index in [4.69, 9.17) is 14.6 Å². The molecule has 1 saturated heterocycles. The molecule has 6 heteroatoms. The van der Waals surface area contributed by atoms with Crippen molar-refractivity contribution < 1.29 is 19.4 Å². The quantitative estimate of drug-likeness (QED) is 0.307. The van der Waals surface area contributed by atoms with E-state index in [-0.39, 0.29) is 18.6 Å². The van der Waals surface area contributed by atoms with Crippen LogP contribution >= 0.6 is 0 Å². The van der Waals surface area contributed by atoms with Crippen LogP contribution < -0.4 is 0 Å². The molecule has 2 heterocycles. The van der Waals surface area contributed by atoms with Crippen molar-refractivity contribution in [2.45, 2.75) is 96.0 Å². The van der Waals surface area contributed by atoms with Gasteiger partial charge in [0, 0.05) is 30.4 Å². The van der Waals surface area contributed by atoms with Crippen LogP contribution in [0.4, 0.5) is 0 Å². The molecular weight excluding hydrogens is 476 g/mol. The molecule has 38 heavy (non-hydrogen) atoms. The Morgan fingerprint density at radius 1 is 1.05 bits per heavy atom. The Kier molecular flexibility index (Phi) is 11.4. The van der Waals surface area contributed by atoms with Crippen LogP contribution in [0.3, 0.4) is 0 Å². The first kappa shape index (κ1) is 28.5. The number of carboxylic acids is 1. The zero-order chi connectivity index (χ0) is 26.6. The topological polar surface area (TPSA) is 71.9 Å². The summed E-state index contributed by atoms with van der Waals surface area (Å²) in [6, 6.07) is 11.2. The summed E-state index contributed by atoms with van der Waals surface area (Å²) in [4.78, 5) is 17.7. The van der Waals surface area contributed by atoms with Crippen molar-refractivity contribution in [2.24, 2.45) is 0 Å². The molecular formula is C32H44N2O4. The van der Waals surface area contributed by atoms with Gasteiger partial charge in [-0.3, -0.25) is 14.7 Å². The number of aryl methyl sites for hydroxylation is 1. The lowest BCUT2D eigenvalue weighted by molar-refractivity contribution is -0.136. The number of likely N-dealkylation sites (tertiary alicyclic amines) is 1. The van der Waals surface area contributed by atoms with E-state index in [0.717, 1.165) is 38.8 Å². The zero-order valence-electron chi connectivity index (χ0n) is 22.9. The Morgan fingerprint density at radius 2 is 1.84 bits per heavy atom. The summed E-state index contributed by atoms with van der Waals surface area (Å²) in [5, 5.41) is 8.85. The molecule has 1 saturated carbocycles. The van der Waals surface area contributed by atoms with Gasteiger partial charge in [0.1, 0.15) is 0 Å². The van der Waals surface area contributed by atoms with E-state index in [1.807, 2.05) is 24.5 Å². The number of allylic oxidation sites excluding steroid dienone is 1. The average Bonchev–Trinajstić information content (AvgIpc) is 3.13. The summed E-state index contributed by atoms with van der Waals surface area (Å²) in [7, 11) is 0. The predicted molar refractivity (Wildman–Crippen MR) is 151 cm³/mol. The SMILES string of the molecule is CCCc1ccncc1-c1ccc(CO[C@@H]2CC[C@H](N3CCCCCC3)[C@H]2OC/C=C\CCC(=O)O)cc1. The average molecular weight is 521 g/mol. The predicted octanol–water partition coefficient (Wildman–Crippen LogP) is 6.43. The normalized spacial score (nSPS) is 22.6. The molecule has 1 aliphatic heterocycles. The second-order valence-electron chi connectivity index (χ2n) is 10.6. The Hall–Kier alpha value is -2.54. The molecule has 206 valence electrons. The van der Waals surface area contributed by atoms with E-state index >= 15 is 0 Å². The molecule has 3 atom stereocenters. The third kappa shape index (κ3) is 8.23. The molecule has 0 amide bonds. The van der Waals surface area contributed by atoms with Gasteiger partial charge in [-0.25, -0.2) is 0 Å². The van der Waals surface area contributed by atoms with Crippen molar-refractivity contribution in [1.82, 2.24) is 9.88 Å².